The van der Waals surface area contributed by atoms with Gasteiger partial charge in [0, 0.05) is 23.6 Å². The summed E-state index contributed by atoms with van der Waals surface area (Å²) in [5, 5.41) is 2.94. The summed E-state index contributed by atoms with van der Waals surface area (Å²) < 4.78 is 0. The van der Waals surface area contributed by atoms with Gasteiger partial charge in [0.05, 0.1) is 0 Å². The third-order valence-corrected chi connectivity index (χ3v) is 3.41. The molecular formula is C19H16N2O. The van der Waals surface area contributed by atoms with Crippen LogP contribution in [0.5, 0.6) is 0 Å². The van der Waals surface area contributed by atoms with Gasteiger partial charge in [-0.15, -0.1) is 0 Å². The molecule has 0 bridgehead atoms. The molecule has 0 aliphatic carbocycles. The number of carbonyl (C=O) groups is 1. The standard InChI is InChI=1S/C19H16N2O/c1-14-4-2-6-17(12-14)19(22)21-18-7-3-5-16(13-18)15-8-10-20-11-9-15/h2-13H,1H3,(H,21,22). The Balaban J connectivity index is 1.83. The van der Waals surface area contributed by atoms with Crippen LogP contribution in [-0.4, -0.2) is 10.9 Å². The van der Waals surface area contributed by atoms with Gasteiger partial charge < -0.3 is 5.32 Å². The highest BCUT2D eigenvalue weighted by Crippen LogP contribution is 2.22. The Morgan fingerprint density at radius 1 is 0.909 bits per heavy atom. The second kappa shape index (κ2) is 6.22. The van der Waals surface area contributed by atoms with Crippen LogP contribution in [0.1, 0.15) is 15.9 Å². The predicted molar refractivity (Wildman–Crippen MR) is 88.8 cm³/mol. The molecule has 0 atom stereocenters. The lowest BCUT2D eigenvalue weighted by Gasteiger charge is -2.08. The molecular weight excluding hydrogens is 272 g/mol. The monoisotopic (exact) mass is 288 g/mol. The van der Waals surface area contributed by atoms with Crippen LogP contribution in [0.25, 0.3) is 11.1 Å². The molecule has 1 aromatic heterocycles. The summed E-state index contributed by atoms with van der Waals surface area (Å²) in [5.41, 5.74) is 4.62. The number of aromatic nitrogens is 1. The molecule has 0 saturated carbocycles. The number of hydrogen-bond acceptors (Lipinski definition) is 2. The number of amides is 1. The summed E-state index contributed by atoms with van der Waals surface area (Å²) in [6, 6.07) is 19.2. The minimum atomic E-state index is -0.101. The number of nitrogens with one attached hydrogen (secondary N) is 1. The van der Waals surface area contributed by atoms with Crippen molar-refractivity contribution in [1.29, 1.82) is 0 Å². The predicted octanol–water partition coefficient (Wildman–Crippen LogP) is 4.31. The van der Waals surface area contributed by atoms with Gasteiger partial charge in [0.15, 0.2) is 0 Å². The maximum Gasteiger partial charge on any atom is 0.255 e. The quantitative estimate of drug-likeness (QED) is 0.780. The van der Waals surface area contributed by atoms with Crippen molar-refractivity contribution < 1.29 is 4.79 Å². The van der Waals surface area contributed by atoms with Gasteiger partial charge in [-0.3, -0.25) is 9.78 Å². The Kier molecular flexibility index (Phi) is 3.97. The molecule has 0 radical (unpaired) electrons. The normalized spacial score (nSPS) is 10.2. The fourth-order valence-corrected chi connectivity index (χ4v) is 2.31. The molecule has 108 valence electrons. The van der Waals surface area contributed by atoms with Gasteiger partial charge in [-0.1, -0.05) is 29.8 Å². The maximum atomic E-state index is 12.3. The highest BCUT2D eigenvalue weighted by molar-refractivity contribution is 6.04. The molecule has 1 heterocycles. The molecule has 0 spiro atoms. The van der Waals surface area contributed by atoms with Gasteiger partial charge in [0.25, 0.3) is 5.91 Å². The SMILES string of the molecule is Cc1cccc(C(=O)Nc2cccc(-c3ccncc3)c2)c1. The van der Waals surface area contributed by atoms with Crippen LogP contribution in [-0.2, 0) is 0 Å². The lowest BCUT2D eigenvalue weighted by Crippen LogP contribution is -2.11. The van der Waals surface area contributed by atoms with Crippen LogP contribution in [0.15, 0.2) is 73.1 Å². The van der Waals surface area contributed by atoms with Crippen LogP contribution in [0, 0.1) is 6.92 Å². The largest absolute Gasteiger partial charge is 0.322 e. The van der Waals surface area contributed by atoms with Gasteiger partial charge >= 0.3 is 0 Å². The highest BCUT2D eigenvalue weighted by Gasteiger charge is 2.06. The molecule has 3 rings (SSSR count). The van der Waals surface area contributed by atoms with Crippen LogP contribution in [0.4, 0.5) is 5.69 Å². The molecule has 3 aromatic rings. The number of rotatable bonds is 3. The number of carbonyl (C=O) groups excluding carboxylic acids is 1. The van der Waals surface area contributed by atoms with Gasteiger partial charge in [-0.05, 0) is 54.4 Å². The lowest BCUT2D eigenvalue weighted by atomic mass is 10.1. The smallest absolute Gasteiger partial charge is 0.255 e. The van der Waals surface area contributed by atoms with E-state index in [2.05, 4.69) is 10.3 Å². The third kappa shape index (κ3) is 3.20. The van der Waals surface area contributed by atoms with Crippen molar-refractivity contribution in [2.75, 3.05) is 5.32 Å². The average Bonchev–Trinajstić information content (AvgIpc) is 2.56. The zero-order valence-corrected chi connectivity index (χ0v) is 12.3. The number of nitrogens with zero attached hydrogens (tertiary/aromatic N) is 1. The molecule has 3 heteroatoms. The second-order valence-electron chi connectivity index (χ2n) is 5.14. The Labute approximate surface area is 129 Å². The van der Waals surface area contributed by atoms with E-state index in [0.29, 0.717) is 5.56 Å². The van der Waals surface area contributed by atoms with Crippen molar-refractivity contribution in [1.82, 2.24) is 4.98 Å². The van der Waals surface area contributed by atoms with E-state index in [9.17, 15) is 4.79 Å². The molecule has 3 nitrogen and oxygen atoms in total. The van der Waals surface area contributed by atoms with Gasteiger partial charge in [0.1, 0.15) is 0 Å². The fraction of sp³-hybridized carbons (Fsp3) is 0.0526. The van der Waals surface area contributed by atoms with Crippen molar-refractivity contribution in [3.8, 4) is 11.1 Å². The van der Waals surface area contributed by atoms with E-state index in [1.807, 2.05) is 67.6 Å². The van der Waals surface area contributed by atoms with E-state index in [4.69, 9.17) is 0 Å². The van der Waals surface area contributed by atoms with Crippen LogP contribution in [0.3, 0.4) is 0 Å². The maximum absolute atomic E-state index is 12.3. The van der Waals surface area contributed by atoms with Crippen molar-refractivity contribution in [2.45, 2.75) is 6.92 Å². The molecule has 1 amide bonds. The van der Waals surface area contributed by atoms with E-state index in [0.717, 1.165) is 22.4 Å². The fourth-order valence-electron chi connectivity index (χ4n) is 2.31. The minimum absolute atomic E-state index is 0.101. The summed E-state index contributed by atoms with van der Waals surface area (Å²) in [6.07, 6.45) is 3.51. The first kappa shape index (κ1) is 14.0. The summed E-state index contributed by atoms with van der Waals surface area (Å²) in [7, 11) is 0. The first-order valence-electron chi connectivity index (χ1n) is 7.11. The third-order valence-electron chi connectivity index (χ3n) is 3.41. The van der Waals surface area contributed by atoms with Crippen molar-refractivity contribution in [3.05, 3.63) is 84.2 Å². The molecule has 22 heavy (non-hydrogen) atoms. The van der Waals surface area contributed by atoms with E-state index in [-0.39, 0.29) is 5.91 Å². The lowest BCUT2D eigenvalue weighted by molar-refractivity contribution is 0.102. The number of anilines is 1. The topological polar surface area (TPSA) is 42.0 Å². The van der Waals surface area contributed by atoms with Crippen LogP contribution in [0.2, 0.25) is 0 Å². The highest BCUT2D eigenvalue weighted by atomic mass is 16.1. The summed E-state index contributed by atoms with van der Waals surface area (Å²) in [5.74, 6) is -0.101. The van der Waals surface area contributed by atoms with Gasteiger partial charge in [-0.25, -0.2) is 0 Å². The van der Waals surface area contributed by atoms with E-state index in [1.165, 1.54) is 0 Å². The summed E-state index contributed by atoms with van der Waals surface area (Å²) in [4.78, 5) is 16.3. The summed E-state index contributed by atoms with van der Waals surface area (Å²) in [6.45, 7) is 1.97. The zero-order valence-electron chi connectivity index (χ0n) is 12.3. The van der Waals surface area contributed by atoms with Gasteiger partial charge in [-0.2, -0.15) is 0 Å². The van der Waals surface area contributed by atoms with Crippen LogP contribution < -0.4 is 5.32 Å². The zero-order chi connectivity index (χ0) is 15.4. The van der Waals surface area contributed by atoms with Crippen molar-refractivity contribution in [3.63, 3.8) is 0 Å². The number of pyridine rings is 1. The molecule has 2 aromatic carbocycles. The second-order valence-corrected chi connectivity index (χ2v) is 5.14. The van der Waals surface area contributed by atoms with E-state index >= 15 is 0 Å². The Morgan fingerprint density at radius 2 is 1.68 bits per heavy atom. The van der Waals surface area contributed by atoms with Gasteiger partial charge in [0.2, 0.25) is 0 Å². The molecule has 0 unspecified atom stereocenters. The molecule has 0 aliphatic rings. The van der Waals surface area contributed by atoms with Crippen LogP contribution >= 0.6 is 0 Å². The molecule has 0 aliphatic heterocycles. The molecule has 0 fully saturated rings. The van der Waals surface area contributed by atoms with Crippen molar-refractivity contribution in [2.24, 2.45) is 0 Å². The Bertz CT molecular complexity index is 797. The minimum Gasteiger partial charge on any atom is -0.322 e. The molecule has 0 saturated heterocycles. The number of hydrogen-bond donors (Lipinski definition) is 1. The number of aryl methyl sites for hydroxylation is 1. The Morgan fingerprint density at radius 3 is 2.45 bits per heavy atom. The van der Waals surface area contributed by atoms with E-state index < -0.39 is 0 Å². The first-order valence-corrected chi connectivity index (χ1v) is 7.11. The van der Waals surface area contributed by atoms with Crippen molar-refractivity contribution >= 4 is 11.6 Å². The first-order chi connectivity index (χ1) is 10.7. The number of benzene rings is 2. The van der Waals surface area contributed by atoms with E-state index in [1.54, 1.807) is 12.4 Å². The Hall–Kier alpha value is -2.94. The average molecular weight is 288 g/mol. The molecule has 1 N–H and O–H groups in total. The summed E-state index contributed by atoms with van der Waals surface area (Å²) >= 11 is 0.